The van der Waals surface area contributed by atoms with Crippen LogP contribution in [0.3, 0.4) is 0 Å². The van der Waals surface area contributed by atoms with Crippen LogP contribution in [0.1, 0.15) is 38.6 Å². The molecule has 5 nitrogen and oxygen atoms in total. The lowest BCUT2D eigenvalue weighted by molar-refractivity contribution is -0.116. The molecule has 0 bridgehead atoms. The molecule has 0 saturated heterocycles. The molecule has 2 N–H and O–H groups in total. The molecule has 0 aliphatic rings. The number of hydrogen-bond donors (Lipinski definition) is 2. The van der Waals surface area contributed by atoms with E-state index >= 15 is 0 Å². The lowest BCUT2D eigenvalue weighted by atomic mass is 9.98. The molecular formula is C11H20N4OS. The minimum absolute atomic E-state index is 0.00291. The Morgan fingerprint density at radius 3 is 2.59 bits per heavy atom. The van der Waals surface area contributed by atoms with Gasteiger partial charge in [0.1, 0.15) is 5.01 Å². The van der Waals surface area contributed by atoms with Crippen LogP contribution in [-0.2, 0) is 10.2 Å². The number of anilines is 1. The Bertz CT molecular complexity index is 370. The molecule has 0 radical (unpaired) electrons. The number of nitrogens with one attached hydrogen (secondary N) is 2. The molecule has 0 saturated carbocycles. The number of rotatable bonds is 5. The molecule has 96 valence electrons. The number of hydrogen-bond acceptors (Lipinski definition) is 5. The second-order valence-corrected chi connectivity index (χ2v) is 5.90. The SMILES string of the molecule is CNCCCC(=O)Nc1nnc(C(C)(C)C)s1. The summed E-state index contributed by atoms with van der Waals surface area (Å²) in [6.07, 6.45) is 1.33. The smallest absolute Gasteiger partial charge is 0.226 e. The zero-order valence-electron chi connectivity index (χ0n) is 10.8. The van der Waals surface area contributed by atoms with Crippen molar-refractivity contribution in [3.05, 3.63) is 5.01 Å². The van der Waals surface area contributed by atoms with Crippen LogP contribution < -0.4 is 10.6 Å². The van der Waals surface area contributed by atoms with Crippen molar-refractivity contribution >= 4 is 22.4 Å². The molecule has 0 fully saturated rings. The van der Waals surface area contributed by atoms with Crippen molar-refractivity contribution in [2.45, 2.75) is 39.0 Å². The summed E-state index contributed by atoms with van der Waals surface area (Å²) in [6.45, 7) is 7.07. The standard InChI is InChI=1S/C11H20N4OS/c1-11(2,3)9-14-15-10(17-9)13-8(16)6-5-7-12-4/h12H,5-7H2,1-4H3,(H,13,15,16). The molecule has 6 heteroatoms. The van der Waals surface area contributed by atoms with Gasteiger partial charge in [-0.15, -0.1) is 10.2 Å². The summed E-state index contributed by atoms with van der Waals surface area (Å²) in [6, 6.07) is 0. The van der Waals surface area contributed by atoms with E-state index < -0.39 is 0 Å². The third kappa shape index (κ3) is 4.79. The van der Waals surface area contributed by atoms with Gasteiger partial charge in [0, 0.05) is 11.8 Å². The van der Waals surface area contributed by atoms with Crippen LogP contribution >= 0.6 is 11.3 Å². The Morgan fingerprint density at radius 2 is 2.06 bits per heavy atom. The van der Waals surface area contributed by atoms with Gasteiger partial charge in [-0.05, 0) is 20.0 Å². The normalized spacial score (nSPS) is 11.5. The molecule has 1 rings (SSSR count). The zero-order chi connectivity index (χ0) is 12.9. The maximum absolute atomic E-state index is 11.5. The van der Waals surface area contributed by atoms with E-state index in [4.69, 9.17) is 0 Å². The number of aromatic nitrogens is 2. The van der Waals surface area contributed by atoms with Gasteiger partial charge in [-0.25, -0.2) is 0 Å². The average Bonchev–Trinajstić information content (AvgIpc) is 2.66. The summed E-state index contributed by atoms with van der Waals surface area (Å²) < 4.78 is 0. The van der Waals surface area contributed by atoms with Crippen molar-refractivity contribution in [3.8, 4) is 0 Å². The predicted octanol–water partition coefficient (Wildman–Crippen LogP) is 1.77. The van der Waals surface area contributed by atoms with Gasteiger partial charge >= 0.3 is 0 Å². The maximum Gasteiger partial charge on any atom is 0.226 e. The molecule has 1 aromatic rings. The van der Waals surface area contributed by atoms with Crippen LogP contribution in [0.15, 0.2) is 0 Å². The van der Waals surface area contributed by atoms with E-state index in [9.17, 15) is 4.79 Å². The van der Waals surface area contributed by atoms with Gasteiger partial charge < -0.3 is 10.6 Å². The van der Waals surface area contributed by atoms with Gasteiger partial charge in [-0.1, -0.05) is 32.1 Å². The molecule has 0 atom stereocenters. The minimum atomic E-state index is -0.0211. The van der Waals surface area contributed by atoms with E-state index in [1.54, 1.807) is 0 Å². The number of amides is 1. The van der Waals surface area contributed by atoms with Crippen molar-refractivity contribution in [1.82, 2.24) is 15.5 Å². The van der Waals surface area contributed by atoms with Crippen LogP contribution in [0, 0.1) is 0 Å². The molecule has 0 aliphatic heterocycles. The Morgan fingerprint density at radius 1 is 1.35 bits per heavy atom. The highest BCUT2D eigenvalue weighted by Gasteiger charge is 2.19. The van der Waals surface area contributed by atoms with Crippen molar-refractivity contribution in [1.29, 1.82) is 0 Å². The van der Waals surface area contributed by atoms with E-state index in [0.717, 1.165) is 18.0 Å². The van der Waals surface area contributed by atoms with Gasteiger partial charge in [0.25, 0.3) is 0 Å². The van der Waals surface area contributed by atoms with E-state index in [1.165, 1.54) is 11.3 Å². The minimum Gasteiger partial charge on any atom is -0.320 e. The molecular weight excluding hydrogens is 236 g/mol. The second kappa shape index (κ2) is 6.07. The number of carbonyl (C=O) groups is 1. The molecule has 0 aliphatic carbocycles. The third-order valence-electron chi connectivity index (χ3n) is 2.14. The topological polar surface area (TPSA) is 66.9 Å². The zero-order valence-corrected chi connectivity index (χ0v) is 11.6. The summed E-state index contributed by atoms with van der Waals surface area (Å²) in [5.41, 5.74) is -0.0211. The van der Waals surface area contributed by atoms with Crippen molar-refractivity contribution in [2.75, 3.05) is 18.9 Å². The third-order valence-corrected chi connectivity index (χ3v) is 3.41. The summed E-state index contributed by atoms with van der Waals surface area (Å²) in [5.74, 6) is -0.00291. The Kier molecular flexibility index (Phi) is 5.02. The Balaban J connectivity index is 2.46. The van der Waals surface area contributed by atoms with E-state index in [1.807, 2.05) is 7.05 Å². The molecule has 1 heterocycles. The molecule has 1 amide bonds. The molecule has 17 heavy (non-hydrogen) atoms. The monoisotopic (exact) mass is 256 g/mol. The second-order valence-electron chi connectivity index (χ2n) is 4.92. The van der Waals surface area contributed by atoms with Crippen LogP contribution in [0.4, 0.5) is 5.13 Å². The van der Waals surface area contributed by atoms with Crippen LogP contribution in [-0.4, -0.2) is 29.7 Å². The number of carbonyl (C=O) groups excluding carboxylic acids is 1. The summed E-state index contributed by atoms with van der Waals surface area (Å²) in [7, 11) is 1.87. The predicted molar refractivity (Wildman–Crippen MR) is 70.4 cm³/mol. The van der Waals surface area contributed by atoms with E-state index in [2.05, 4.69) is 41.6 Å². The highest BCUT2D eigenvalue weighted by atomic mass is 32.1. The van der Waals surface area contributed by atoms with Crippen LogP contribution in [0.2, 0.25) is 0 Å². The van der Waals surface area contributed by atoms with Gasteiger partial charge in [0.05, 0.1) is 0 Å². The Labute approximate surface area is 106 Å². The fourth-order valence-electron chi connectivity index (χ4n) is 1.18. The molecule has 0 unspecified atom stereocenters. The van der Waals surface area contributed by atoms with Gasteiger partial charge in [-0.3, -0.25) is 4.79 Å². The van der Waals surface area contributed by atoms with Crippen LogP contribution in [0.5, 0.6) is 0 Å². The van der Waals surface area contributed by atoms with Gasteiger partial charge in [0.2, 0.25) is 11.0 Å². The van der Waals surface area contributed by atoms with Crippen molar-refractivity contribution in [2.24, 2.45) is 0 Å². The van der Waals surface area contributed by atoms with Crippen LogP contribution in [0.25, 0.3) is 0 Å². The van der Waals surface area contributed by atoms with Crippen molar-refractivity contribution in [3.63, 3.8) is 0 Å². The maximum atomic E-state index is 11.5. The molecule has 1 aromatic heterocycles. The summed E-state index contributed by atoms with van der Waals surface area (Å²) in [4.78, 5) is 11.5. The first-order chi connectivity index (χ1) is 7.93. The Hall–Kier alpha value is -1.01. The number of nitrogens with zero attached hydrogens (tertiary/aromatic N) is 2. The lowest BCUT2D eigenvalue weighted by Gasteiger charge is -2.12. The fourth-order valence-corrected chi connectivity index (χ4v) is 2.00. The lowest BCUT2D eigenvalue weighted by Crippen LogP contribution is -2.15. The molecule has 0 spiro atoms. The van der Waals surface area contributed by atoms with E-state index in [-0.39, 0.29) is 11.3 Å². The van der Waals surface area contributed by atoms with Gasteiger partial charge in [-0.2, -0.15) is 0 Å². The first kappa shape index (κ1) is 14.1. The first-order valence-electron chi connectivity index (χ1n) is 5.72. The largest absolute Gasteiger partial charge is 0.320 e. The van der Waals surface area contributed by atoms with E-state index in [0.29, 0.717) is 11.6 Å². The van der Waals surface area contributed by atoms with Crippen molar-refractivity contribution < 1.29 is 4.79 Å². The highest BCUT2D eigenvalue weighted by molar-refractivity contribution is 7.15. The molecule has 0 aromatic carbocycles. The first-order valence-corrected chi connectivity index (χ1v) is 6.53. The summed E-state index contributed by atoms with van der Waals surface area (Å²) >= 11 is 1.44. The fraction of sp³-hybridized carbons (Fsp3) is 0.727. The summed E-state index contributed by atoms with van der Waals surface area (Å²) in [5, 5.41) is 15.3. The average molecular weight is 256 g/mol. The highest BCUT2D eigenvalue weighted by Crippen LogP contribution is 2.27. The quantitative estimate of drug-likeness (QED) is 0.788. The van der Waals surface area contributed by atoms with Gasteiger partial charge in [0.15, 0.2) is 0 Å².